The number of sulfone groups is 1. The normalized spacial score (nSPS) is 12.4. The number of imidazole rings is 1. The number of aromatic nitrogens is 3. The molecule has 0 saturated carbocycles. The molecule has 0 aliphatic rings. The summed E-state index contributed by atoms with van der Waals surface area (Å²) in [6, 6.07) is 13.0. The van der Waals surface area contributed by atoms with E-state index >= 15 is 0 Å². The number of H-pyrrole nitrogens is 1. The molecular formula is C24H24N4O6S. The minimum Gasteiger partial charge on any atom is -0.488 e. The van der Waals surface area contributed by atoms with Gasteiger partial charge in [-0.15, -0.1) is 0 Å². The second-order valence-electron chi connectivity index (χ2n) is 7.97. The minimum absolute atomic E-state index is 0.195. The van der Waals surface area contributed by atoms with E-state index in [1.54, 1.807) is 43.5 Å². The van der Waals surface area contributed by atoms with Gasteiger partial charge in [0.15, 0.2) is 15.5 Å². The molecule has 1 atom stereocenters. The lowest BCUT2D eigenvalue weighted by molar-refractivity contribution is 0.0920. The van der Waals surface area contributed by atoms with Gasteiger partial charge in [-0.1, -0.05) is 0 Å². The highest BCUT2D eigenvalue weighted by Crippen LogP contribution is 2.33. The predicted octanol–water partition coefficient (Wildman–Crippen LogP) is 3.33. The van der Waals surface area contributed by atoms with Crippen LogP contribution in [0.1, 0.15) is 17.3 Å². The number of ether oxygens (including phenoxy) is 3. The number of aromatic amines is 1. The molecule has 3 N–H and O–H groups in total. The number of amides is 1. The first-order chi connectivity index (χ1) is 16.6. The van der Waals surface area contributed by atoms with Crippen molar-refractivity contribution in [3.63, 3.8) is 0 Å². The Balaban J connectivity index is 1.71. The number of carbonyl (C=O) groups is 1. The summed E-state index contributed by atoms with van der Waals surface area (Å²) in [4.78, 5) is 23.5. The Kier molecular flexibility index (Phi) is 6.72. The number of methoxy groups -OCH3 is 1. The number of hydrogen-bond donors (Lipinski definition) is 2. The van der Waals surface area contributed by atoms with E-state index in [1.165, 1.54) is 18.3 Å². The van der Waals surface area contributed by atoms with Crippen molar-refractivity contribution in [1.29, 1.82) is 0 Å². The van der Waals surface area contributed by atoms with Crippen molar-refractivity contribution in [2.24, 2.45) is 5.73 Å². The highest BCUT2D eigenvalue weighted by atomic mass is 32.2. The quantitative estimate of drug-likeness (QED) is 0.359. The predicted molar refractivity (Wildman–Crippen MR) is 129 cm³/mol. The van der Waals surface area contributed by atoms with E-state index in [1.807, 2.05) is 6.92 Å². The molecule has 0 saturated heterocycles. The molecule has 4 rings (SSSR count). The summed E-state index contributed by atoms with van der Waals surface area (Å²) in [5.74, 6) is 1.30. The van der Waals surface area contributed by atoms with Crippen LogP contribution < -0.4 is 15.2 Å². The molecule has 11 heteroatoms. The zero-order valence-corrected chi connectivity index (χ0v) is 20.1. The lowest BCUT2D eigenvalue weighted by Gasteiger charge is -2.16. The molecule has 0 bridgehead atoms. The number of fused-ring (bicyclic) bond motifs is 1. The van der Waals surface area contributed by atoms with Crippen LogP contribution >= 0.6 is 0 Å². The summed E-state index contributed by atoms with van der Waals surface area (Å²) in [6.45, 7) is 2.26. The number of nitrogens with two attached hydrogens (primary N) is 1. The Morgan fingerprint density at radius 2 is 1.80 bits per heavy atom. The van der Waals surface area contributed by atoms with Gasteiger partial charge in [-0.2, -0.15) is 0 Å². The number of benzene rings is 2. The summed E-state index contributed by atoms with van der Waals surface area (Å²) < 4.78 is 40.6. The third kappa shape index (κ3) is 5.76. The molecule has 1 amide bonds. The van der Waals surface area contributed by atoms with Gasteiger partial charge in [0.1, 0.15) is 29.2 Å². The van der Waals surface area contributed by atoms with Gasteiger partial charge in [0, 0.05) is 31.2 Å². The number of nitrogens with zero attached hydrogens (tertiary/aromatic N) is 2. The SMILES string of the molecule is COC[C@H](C)Oc1cc(Oc2ccc(S(C)(=O)=O)cc2)cc(-c2nc3ncc(C(N)=O)cc3[nH]2)c1. The van der Waals surface area contributed by atoms with Crippen LogP contribution in [-0.2, 0) is 14.6 Å². The Labute approximate surface area is 202 Å². The maximum Gasteiger partial charge on any atom is 0.250 e. The van der Waals surface area contributed by atoms with Gasteiger partial charge in [0.25, 0.3) is 0 Å². The minimum atomic E-state index is -3.32. The molecule has 0 fully saturated rings. The fourth-order valence-electron chi connectivity index (χ4n) is 3.40. The van der Waals surface area contributed by atoms with Crippen LogP contribution in [0.3, 0.4) is 0 Å². The summed E-state index contributed by atoms with van der Waals surface area (Å²) in [5.41, 5.74) is 7.23. The molecule has 182 valence electrons. The Bertz CT molecular complexity index is 1480. The molecule has 10 nitrogen and oxygen atoms in total. The van der Waals surface area contributed by atoms with E-state index in [9.17, 15) is 13.2 Å². The van der Waals surface area contributed by atoms with Crippen LogP contribution in [0.25, 0.3) is 22.6 Å². The molecule has 2 heterocycles. The van der Waals surface area contributed by atoms with Gasteiger partial charge >= 0.3 is 0 Å². The van der Waals surface area contributed by atoms with Crippen LogP contribution in [0.2, 0.25) is 0 Å². The van der Waals surface area contributed by atoms with E-state index in [-0.39, 0.29) is 16.6 Å². The Morgan fingerprint density at radius 1 is 1.09 bits per heavy atom. The zero-order chi connectivity index (χ0) is 25.2. The first-order valence-electron chi connectivity index (χ1n) is 10.6. The molecule has 4 aromatic rings. The maximum absolute atomic E-state index is 11.7. The fraction of sp³-hybridized carbons (Fsp3) is 0.208. The summed E-state index contributed by atoms with van der Waals surface area (Å²) >= 11 is 0. The molecule has 0 spiro atoms. The first-order valence-corrected chi connectivity index (χ1v) is 12.5. The van der Waals surface area contributed by atoms with E-state index < -0.39 is 15.7 Å². The highest BCUT2D eigenvalue weighted by Gasteiger charge is 2.14. The van der Waals surface area contributed by atoms with Gasteiger partial charge in [0.05, 0.1) is 22.6 Å². The van der Waals surface area contributed by atoms with Crippen LogP contribution in [0.5, 0.6) is 17.2 Å². The molecule has 0 aliphatic carbocycles. The van der Waals surface area contributed by atoms with E-state index in [4.69, 9.17) is 19.9 Å². The lowest BCUT2D eigenvalue weighted by Crippen LogP contribution is -2.17. The topological polar surface area (TPSA) is 146 Å². The van der Waals surface area contributed by atoms with Crippen LogP contribution in [0, 0.1) is 0 Å². The monoisotopic (exact) mass is 496 g/mol. The molecule has 35 heavy (non-hydrogen) atoms. The van der Waals surface area contributed by atoms with E-state index in [0.717, 1.165) is 6.26 Å². The lowest BCUT2D eigenvalue weighted by atomic mass is 10.2. The molecule has 2 aromatic heterocycles. The summed E-state index contributed by atoms with van der Waals surface area (Å²) in [6.07, 6.45) is 2.29. The molecule has 0 radical (unpaired) electrons. The number of nitrogens with one attached hydrogen (secondary N) is 1. The third-order valence-corrected chi connectivity index (χ3v) is 6.13. The largest absolute Gasteiger partial charge is 0.488 e. The number of pyridine rings is 1. The van der Waals surface area contributed by atoms with Crippen LogP contribution in [-0.4, -0.2) is 55.4 Å². The average molecular weight is 497 g/mol. The maximum atomic E-state index is 11.7. The smallest absolute Gasteiger partial charge is 0.250 e. The van der Waals surface area contributed by atoms with Crippen LogP contribution in [0.4, 0.5) is 0 Å². The second-order valence-corrected chi connectivity index (χ2v) is 9.98. The van der Waals surface area contributed by atoms with E-state index in [0.29, 0.717) is 46.4 Å². The number of carbonyl (C=O) groups excluding carboxylic acids is 1. The van der Waals surface area contributed by atoms with Crippen molar-refractivity contribution < 1.29 is 27.4 Å². The Hall–Kier alpha value is -3.96. The fourth-order valence-corrected chi connectivity index (χ4v) is 4.03. The number of rotatable bonds is 9. The second kappa shape index (κ2) is 9.72. The van der Waals surface area contributed by atoms with Crippen molar-refractivity contribution in [1.82, 2.24) is 15.0 Å². The zero-order valence-electron chi connectivity index (χ0n) is 19.3. The van der Waals surface area contributed by atoms with Crippen LogP contribution in [0.15, 0.2) is 59.6 Å². The highest BCUT2D eigenvalue weighted by molar-refractivity contribution is 7.90. The van der Waals surface area contributed by atoms with Gasteiger partial charge in [-0.05, 0) is 49.4 Å². The Morgan fingerprint density at radius 3 is 2.46 bits per heavy atom. The number of primary amides is 1. The van der Waals surface area contributed by atoms with Crippen molar-refractivity contribution >= 4 is 26.9 Å². The summed E-state index contributed by atoms with van der Waals surface area (Å²) in [5, 5.41) is 0. The standard InChI is InChI=1S/C24H24N4O6S/c1-14(13-32-2)33-18-8-15(23-27-21-10-16(22(25)29)12-26-24(21)28-23)9-19(11-18)34-17-4-6-20(7-5-17)35(3,30)31/h4-12,14H,13H2,1-3H3,(H2,25,29)(H,26,27,28)/t14-/m0/s1. The van der Waals surface area contributed by atoms with Gasteiger partial charge < -0.3 is 24.9 Å². The van der Waals surface area contributed by atoms with E-state index in [2.05, 4.69) is 15.0 Å². The molecule has 0 aliphatic heterocycles. The molecule has 2 aromatic carbocycles. The van der Waals surface area contributed by atoms with Crippen molar-refractivity contribution in [2.75, 3.05) is 20.0 Å². The van der Waals surface area contributed by atoms with Crippen molar-refractivity contribution in [3.8, 4) is 28.6 Å². The van der Waals surface area contributed by atoms with Gasteiger partial charge in [-0.25, -0.2) is 18.4 Å². The summed E-state index contributed by atoms with van der Waals surface area (Å²) in [7, 11) is -1.73. The van der Waals surface area contributed by atoms with Gasteiger partial charge in [-0.3, -0.25) is 4.79 Å². The van der Waals surface area contributed by atoms with Gasteiger partial charge in [0.2, 0.25) is 5.91 Å². The molecule has 0 unspecified atom stereocenters. The van der Waals surface area contributed by atoms with Crippen molar-refractivity contribution in [3.05, 3.63) is 60.3 Å². The first kappa shape index (κ1) is 24.2. The third-order valence-electron chi connectivity index (χ3n) is 5.00. The van der Waals surface area contributed by atoms with Crippen molar-refractivity contribution in [2.45, 2.75) is 17.9 Å². The molecular weight excluding hydrogens is 472 g/mol. The number of hydrogen-bond acceptors (Lipinski definition) is 8. The average Bonchev–Trinajstić information content (AvgIpc) is 3.22.